The quantitative estimate of drug-likeness (QED) is 0.154. The molecule has 0 spiro atoms. The smallest absolute Gasteiger partial charge is 0.164 e. The SMILES string of the molecule is C.c1ccc(-c2ccc(-c3cc(-c4nc(-c5ccccc5)nc(-c5ccccc5)n4)cc(-c4cccc5c4Cc4c(-c6ccc(-c7ccccc7)cc6)cccc4-5)c3)cc2)cc1. The summed E-state index contributed by atoms with van der Waals surface area (Å²) in [5.74, 6) is 1.92. The Balaban J connectivity index is 0.00000458. The van der Waals surface area contributed by atoms with Crippen LogP contribution in [0.2, 0.25) is 0 Å². The highest BCUT2D eigenvalue weighted by molar-refractivity contribution is 5.91. The van der Waals surface area contributed by atoms with Crippen LogP contribution in [-0.2, 0) is 6.42 Å². The Morgan fingerprint density at radius 3 is 0.984 bits per heavy atom. The predicted molar refractivity (Wildman–Crippen MR) is 258 cm³/mol. The third kappa shape index (κ3) is 7.31. The molecule has 10 aromatic rings. The van der Waals surface area contributed by atoms with Crippen LogP contribution in [0.3, 0.4) is 0 Å². The van der Waals surface area contributed by atoms with Crippen molar-refractivity contribution in [3.05, 3.63) is 236 Å². The molecular formula is C59H43N3. The van der Waals surface area contributed by atoms with Crippen LogP contribution in [0.1, 0.15) is 18.6 Å². The minimum absolute atomic E-state index is 0. The lowest BCUT2D eigenvalue weighted by Gasteiger charge is -2.15. The van der Waals surface area contributed by atoms with E-state index in [0.717, 1.165) is 39.8 Å². The topological polar surface area (TPSA) is 38.7 Å². The first-order chi connectivity index (χ1) is 30.2. The monoisotopic (exact) mass is 793 g/mol. The second-order valence-corrected chi connectivity index (χ2v) is 15.6. The van der Waals surface area contributed by atoms with E-state index in [1.807, 2.05) is 36.4 Å². The number of nitrogens with zero attached hydrogens (tertiary/aromatic N) is 3. The minimum atomic E-state index is 0. The van der Waals surface area contributed by atoms with E-state index >= 15 is 0 Å². The Hall–Kier alpha value is -8.01. The van der Waals surface area contributed by atoms with Crippen LogP contribution in [0.25, 0.3) is 101 Å². The van der Waals surface area contributed by atoms with Gasteiger partial charge in [0.25, 0.3) is 0 Å². The van der Waals surface area contributed by atoms with Gasteiger partial charge in [-0.2, -0.15) is 0 Å². The first kappa shape index (κ1) is 38.2. The summed E-state index contributed by atoms with van der Waals surface area (Å²) in [6.07, 6.45) is 0.838. The van der Waals surface area contributed by atoms with Crippen LogP contribution in [0.4, 0.5) is 0 Å². The molecule has 294 valence electrons. The fourth-order valence-corrected chi connectivity index (χ4v) is 8.75. The summed E-state index contributed by atoms with van der Waals surface area (Å²) >= 11 is 0. The number of rotatable bonds is 8. The average molecular weight is 794 g/mol. The van der Waals surface area contributed by atoms with E-state index < -0.39 is 0 Å². The molecule has 62 heavy (non-hydrogen) atoms. The average Bonchev–Trinajstić information content (AvgIpc) is 3.74. The van der Waals surface area contributed by atoms with E-state index in [-0.39, 0.29) is 7.43 Å². The molecule has 0 amide bonds. The van der Waals surface area contributed by atoms with Crippen LogP contribution < -0.4 is 0 Å². The molecule has 11 rings (SSSR count). The Morgan fingerprint density at radius 2 is 0.532 bits per heavy atom. The molecule has 1 aliphatic carbocycles. The van der Waals surface area contributed by atoms with Gasteiger partial charge in [-0.25, -0.2) is 15.0 Å². The van der Waals surface area contributed by atoms with Gasteiger partial charge in [-0.05, 0) is 103 Å². The lowest BCUT2D eigenvalue weighted by Crippen LogP contribution is -2.00. The largest absolute Gasteiger partial charge is 0.208 e. The summed E-state index contributed by atoms with van der Waals surface area (Å²) in [4.78, 5) is 15.4. The van der Waals surface area contributed by atoms with Crippen LogP contribution >= 0.6 is 0 Å². The number of hydrogen-bond acceptors (Lipinski definition) is 3. The van der Waals surface area contributed by atoms with Crippen LogP contribution in [-0.4, -0.2) is 15.0 Å². The van der Waals surface area contributed by atoms with Gasteiger partial charge >= 0.3 is 0 Å². The molecule has 0 saturated heterocycles. The summed E-state index contributed by atoms with van der Waals surface area (Å²) in [6, 6.07) is 79.7. The fraction of sp³-hybridized carbons (Fsp3) is 0.0339. The number of hydrogen-bond donors (Lipinski definition) is 0. The molecule has 0 atom stereocenters. The highest BCUT2D eigenvalue weighted by Gasteiger charge is 2.25. The maximum Gasteiger partial charge on any atom is 0.164 e. The molecule has 9 aromatic carbocycles. The van der Waals surface area contributed by atoms with Crippen molar-refractivity contribution in [1.29, 1.82) is 0 Å². The van der Waals surface area contributed by atoms with Crippen molar-refractivity contribution < 1.29 is 0 Å². The first-order valence-corrected chi connectivity index (χ1v) is 20.8. The van der Waals surface area contributed by atoms with Gasteiger partial charge < -0.3 is 0 Å². The zero-order chi connectivity index (χ0) is 40.5. The van der Waals surface area contributed by atoms with Crippen LogP contribution in [0.15, 0.2) is 224 Å². The van der Waals surface area contributed by atoms with Crippen molar-refractivity contribution in [2.75, 3.05) is 0 Å². The summed E-state index contributed by atoms with van der Waals surface area (Å²) in [6.45, 7) is 0. The summed E-state index contributed by atoms with van der Waals surface area (Å²) in [5, 5.41) is 0. The molecule has 3 heteroatoms. The summed E-state index contributed by atoms with van der Waals surface area (Å²) in [5.41, 5.74) is 20.0. The molecule has 3 nitrogen and oxygen atoms in total. The van der Waals surface area contributed by atoms with Gasteiger partial charge in [0.05, 0.1) is 0 Å². The molecule has 1 heterocycles. The van der Waals surface area contributed by atoms with Crippen molar-refractivity contribution in [3.8, 4) is 101 Å². The van der Waals surface area contributed by atoms with E-state index in [0.29, 0.717) is 17.5 Å². The molecule has 1 aliphatic rings. The Bertz CT molecular complexity index is 3100. The number of aromatic nitrogens is 3. The van der Waals surface area contributed by atoms with E-state index in [1.54, 1.807) is 0 Å². The van der Waals surface area contributed by atoms with Gasteiger partial charge in [-0.3, -0.25) is 0 Å². The Labute approximate surface area is 363 Å². The maximum absolute atomic E-state index is 5.18. The van der Waals surface area contributed by atoms with Crippen molar-refractivity contribution in [2.24, 2.45) is 0 Å². The van der Waals surface area contributed by atoms with Crippen molar-refractivity contribution >= 4 is 0 Å². The molecule has 0 aliphatic heterocycles. The molecule has 0 fully saturated rings. The van der Waals surface area contributed by atoms with Gasteiger partial charge in [-0.15, -0.1) is 0 Å². The number of benzene rings is 9. The molecule has 0 N–H and O–H groups in total. The zero-order valence-corrected chi connectivity index (χ0v) is 33.4. The van der Waals surface area contributed by atoms with Crippen molar-refractivity contribution in [2.45, 2.75) is 13.8 Å². The zero-order valence-electron chi connectivity index (χ0n) is 33.4. The van der Waals surface area contributed by atoms with Gasteiger partial charge in [0.1, 0.15) is 0 Å². The third-order valence-electron chi connectivity index (χ3n) is 11.8. The predicted octanol–water partition coefficient (Wildman–Crippen LogP) is 15.4. The number of fused-ring (bicyclic) bond motifs is 3. The molecular weight excluding hydrogens is 751 g/mol. The van der Waals surface area contributed by atoms with Crippen LogP contribution in [0.5, 0.6) is 0 Å². The van der Waals surface area contributed by atoms with Crippen molar-refractivity contribution in [1.82, 2.24) is 15.0 Å². The summed E-state index contributed by atoms with van der Waals surface area (Å²) in [7, 11) is 0. The Kier molecular flexibility index (Phi) is 10.2. The fourth-order valence-electron chi connectivity index (χ4n) is 8.75. The van der Waals surface area contributed by atoms with Gasteiger partial charge in [-0.1, -0.05) is 214 Å². The Morgan fingerprint density at radius 1 is 0.226 bits per heavy atom. The molecule has 0 saturated carbocycles. The summed E-state index contributed by atoms with van der Waals surface area (Å²) < 4.78 is 0. The first-order valence-electron chi connectivity index (χ1n) is 20.8. The molecule has 1 aromatic heterocycles. The van der Waals surface area contributed by atoms with Gasteiger partial charge in [0.2, 0.25) is 0 Å². The van der Waals surface area contributed by atoms with Gasteiger partial charge in [0.15, 0.2) is 17.5 Å². The standard InChI is InChI=1S/C58H39N3.CH4/c1-5-15-39(16-6-1)41-27-29-43(30-28-41)47-35-48(37-49(36-47)58-60-56(45-19-9-3-10-20-45)59-57(61-58)46-21-11-4-12-22-46)51-24-14-26-53-52-25-13-23-50(54(52)38-55(51)53)44-33-31-42(32-34-44)40-17-7-2-8-18-40;/h1-37H,38H2;1H4. The van der Waals surface area contributed by atoms with Crippen molar-refractivity contribution in [3.63, 3.8) is 0 Å². The highest BCUT2D eigenvalue weighted by Crippen LogP contribution is 2.46. The van der Waals surface area contributed by atoms with E-state index in [9.17, 15) is 0 Å². The second-order valence-electron chi connectivity index (χ2n) is 15.6. The lowest BCUT2D eigenvalue weighted by atomic mass is 9.91. The maximum atomic E-state index is 5.18. The third-order valence-corrected chi connectivity index (χ3v) is 11.8. The lowest BCUT2D eigenvalue weighted by molar-refractivity contribution is 1.07. The van der Waals surface area contributed by atoms with Crippen LogP contribution in [0, 0.1) is 0 Å². The van der Waals surface area contributed by atoms with E-state index in [1.165, 1.54) is 61.2 Å². The highest BCUT2D eigenvalue weighted by atomic mass is 15.0. The molecule has 0 radical (unpaired) electrons. The van der Waals surface area contributed by atoms with E-state index in [2.05, 4.69) is 188 Å². The molecule has 0 bridgehead atoms. The van der Waals surface area contributed by atoms with Gasteiger partial charge in [0, 0.05) is 16.7 Å². The van der Waals surface area contributed by atoms with E-state index in [4.69, 9.17) is 15.0 Å². The second kappa shape index (κ2) is 16.6. The molecule has 0 unspecified atom stereocenters. The minimum Gasteiger partial charge on any atom is -0.208 e. The normalized spacial score (nSPS) is 11.4.